The number of imidazole rings is 1. The van der Waals surface area contributed by atoms with Crippen molar-refractivity contribution in [2.24, 2.45) is 0 Å². The number of aryl methyl sites for hydroxylation is 2. The maximum absolute atomic E-state index is 12.1. The van der Waals surface area contributed by atoms with E-state index in [1.54, 1.807) is 30.5 Å². The first-order chi connectivity index (χ1) is 9.56. The molecule has 0 aliphatic carbocycles. The predicted octanol–water partition coefficient (Wildman–Crippen LogP) is 2.08. The lowest BCUT2D eigenvalue weighted by Crippen LogP contribution is -2.15. The average Bonchev–Trinajstić information content (AvgIpc) is 3.00. The van der Waals surface area contributed by atoms with E-state index in [9.17, 15) is 8.42 Å². The Bertz CT molecular complexity index is 704. The van der Waals surface area contributed by atoms with Crippen LogP contribution in [0, 0.1) is 6.92 Å². The second kappa shape index (κ2) is 5.03. The van der Waals surface area contributed by atoms with Crippen LogP contribution in [-0.2, 0) is 20.7 Å². The molecule has 2 aromatic rings. The van der Waals surface area contributed by atoms with Gasteiger partial charge in [-0.1, -0.05) is 17.7 Å². The molecular formula is C14H16N2O3S. The van der Waals surface area contributed by atoms with E-state index in [2.05, 4.69) is 4.98 Å². The maximum Gasteiger partial charge on any atom is 0.297 e. The van der Waals surface area contributed by atoms with Gasteiger partial charge in [-0.2, -0.15) is 8.42 Å². The molecule has 0 unspecified atom stereocenters. The van der Waals surface area contributed by atoms with E-state index < -0.39 is 10.1 Å². The van der Waals surface area contributed by atoms with E-state index >= 15 is 0 Å². The molecule has 0 bridgehead atoms. The zero-order valence-corrected chi connectivity index (χ0v) is 12.0. The van der Waals surface area contributed by atoms with Gasteiger partial charge in [0.25, 0.3) is 10.1 Å². The minimum atomic E-state index is -3.68. The summed E-state index contributed by atoms with van der Waals surface area (Å²) in [5, 5.41) is 0. The highest BCUT2D eigenvalue weighted by atomic mass is 32.2. The van der Waals surface area contributed by atoms with Crippen molar-refractivity contribution < 1.29 is 12.6 Å². The first-order valence-electron chi connectivity index (χ1n) is 6.54. The van der Waals surface area contributed by atoms with Crippen molar-refractivity contribution in [2.45, 2.75) is 30.7 Å². The van der Waals surface area contributed by atoms with E-state index in [1.807, 2.05) is 17.7 Å². The summed E-state index contributed by atoms with van der Waals surface area (Å²) in [4.78, 5) is 4.42. The van der Waals surface area contributed by atoms with Crippen LogP contribution in [0.1, 0.15) is 23.9 Å². The summed E-state index contributed by atoms with van der Waals surface area (Å²) in [5.41, 5.74) is 1.02. The van der Waals surface area contributed by atoms with Crippen LogP contribution in [0.5, 0.6) is 0 Å². The van der Waals surface area contributed by atoms with Crippen LogP contribution >= 0.6 is 0 Å². The molecule has 0 saturated heterocycles. The highest BCUT2D eigenvalue weighted by Crippen LogP contribution is 2.26. The Morgan fingerprint density at radius 2 is 2.10 bits per heavy atom. The molecule has 0 radical (unpaired) electrons. The molecule has 0 N–H and O–H groups in total. The van der Waals surface area contributed by atoms with Crippen molar-refractivity contribution in [3.05, 3.63) is 48.0 Å². The number of fused-ring (bicyclic) bond motifs is 1. The largest absolute Gasteiger partial charge is 0.329 e. The molecule has 1 aliphatic rings. The molecule has 20 heavy (non-hydrogen) atoms. The van der Waals surface area contributed by atoms with Gasteiger partial charge in [0.1, 0.15) is 5.82 Å². The highest BCUT2D eigenvalue weighted by molar-refractivity contribution is 7.86. The lowest BCUT2D eigenvalue weighted by atomic mass is 10.2. The fraction of sp³-hybridized carbons (Fsp3) is 0.357. The van der Waals surface area contributed by atoms with Crippen LogP contribution in [0.2, 0.25) is 0 Å². The minimum absolute atomic E-state index is 0.0488. The van der Waals surface area contributed by atoms with Gasteiger partial charge in [-0.25, -0.2) is 4.98 Å². The Labute approximate surface area is 118 Å². The highest BCUT2D eigenvalue weighted by Gasteiger charge is 2.25. The number of nitrogens with zero attached hydrogens (tertiary/aromatic N) is 2. The molecule has 1 aliphatic heterocycles. The summed E-state index contributed by atoms with van der Waals surface area (Å²) in [6.07, 6.45) is 5.34. The van der Waals surface area contributed by atoms with E-state index in [-0.39, 0.29) is 17.5 Å². The van der Waals surface area contributed by atoms with Gasteiger partial charge in [0.05, 0.1) is 17.5 Å². The second-order valence-corrected chi connectivity index (χ2v) is 6.61. The van der Waals surface area contributed by atoms with E-state index in [4.69, 9.17) is 4.18 Å². The molecular weight excluding hydrogens is 276 g/mol. The van der Waals surface area contributed by atoms with Crippen LogP contribution in [0.4, 0.5) is 0 Å². The smallest absolute Gasteiger partial charge is 0.297 e. The van der Waals surface area contributed by atoms with E-state index in [1.165, 1.54) is 0 Å². The third-order valence-electron chi connectivity index (χ3n) is 3.57. The lowest BCUT2D eigenvalue weighted by Gasteiger charge is -2.13. The molecule has 2 heterocycles. The molecule has 5 nitrogen and oxygen atoms in total. The topological polar surface area (TPSA) is 61.2 Å². The normalized spacial score (nSPS) is 18.1. The second-order valence-electron chi connectivity index (χ2n) is 4.99. The molecule has 1 atom stereocenters. The Hall–Kier alpha value is -1.66. The Balaban J connectivity index is 1.71. The summed E-state index contributed by atoms with van der Waals surface area (Å²) in [6, 6.07) is 6.72. The zero-order chi connectivity index (χ0) is 14.2. The number of hydrogen-bond donors (Lipinski definition) is 0. The maximum atomic E-state index is 12.1. The SMILES string of the molecule is Cc1ccc(S(=O)(=O)OC[C@H]2CCc3nccn32)cc1. The van der Waals surface area contributed by atoms with Gasteiger partial charge in [0.15, 0.2) is 0 Å². The summed E-state index contributed by atoms with van der Waals surface area (Å²) < 4.78 is 31.4. The van der Waals surface area contributed by atoms with Crippen molar-refractivity contribution in [1.82, 2.24) is 9.55 Å². The number of aromatic nitrogens is 2. The average molecular weight is 292 g/mol. The lowest BCUT2D eigenvalue weighted by molar-refractivity contribution is 0.259. The van der Waals surface area contributed by atoms with Crippen molar-refractivity contribution >= 4 is 10.1 Å². The van der Waals surface area contributed by atoms with Gasteiger partial charge in [-0.15, -0.1) is 0 Å². The van der Waals surface area contributed by atoms with Gasteiger partial charge in [0.2, 0.25) is 0 Å². The van der Waals surface area contributed by atoms with Gasteiger partial charge in [-0.05, 0) is 25.5 Å². The zero-order valence-electron chi connectivity index (χ0n) is 11.2. The molecule has 0 spiro atoms. The molecule has 3 rings (SSSR count). The van der Waals surface area contributed by atoms with Crippen LogP contribution < -0.4 is 0 Å². The Kier molecular flexibility index (Phi) is 3.35. The number of benzene rings is 1. The summed E-state index contributed by atoms with van der Waals surface area (Å²) in [6.45, 7) is 2.07. The van der Waals surface area contributed by atoms with Crippen LogP contribution in [0.15, 0.2) is 41.6 Å². The summed E-state index contributed by atoms with van der Waals surface area (Å²) in [7, 11) is -3.68. The summed E-state index contributed by atoms with van der Waals surface area (Å²) in [5.74, 6) is 0.992. The predicted molar refractivity (Wildman–Crippen MR) is 73.9 cm³/mol. The molecule has 6 heteroatoms. The summed E-state index contributed by atoms with van der Waals surface area (Å²) >= 11 is 0. The molecule has 0 fully saturated rings. The molecule has 0 amide bonds. The fourth-order valence-corrected chi connectivity index (χ4v) is 3.35. The molecule has 106 valence electrons. The third-order valence-corrected chi connectivity index (χ3v) is 4.86. The van der Waals surface area contributed by atoms with Gasteiger partial charge >= 0.3 is 0 Å². The van der Waals surface area contributed by atoms with Crippen molar-refractivity contribution in [2.75, 3.05) is 6.61 Å². The van der Waals surface area contributed by atoms with Crippen LogP contribution in [0.3, 0.4) is 0 Å². The monoisotopic (exact) mass is 292 g/mol. The minimum Gasteiger partial charge on any atom is -0.329 e. The third kappa shape index (κ3) is 2.48. The first-order valence-corrected chi connectivity index (χ1v) is 7.95. The quantitative estimate of drug-likeness (QED) is 0.810. The van der Waals surface area contributed by atoms with Crippen LogP contribution in [0.25, 0.3) is 0 Å². The number of rotatable bonds is 4. The first kappa shape index (κ1) is 13.3. The van der Waals surface area contributed by atoms with Gasteiger partial charge in [-0.3, -0.25) is 4.18 Å². The fourth-order valence-electron chi connectivity index (χ4n) is 2.41. The van der Waals surface area contributed by atoms with Crippen molar-refractivity contribution in [3.63, 3.8) is 0 Å². The van der Waals surface area contributed by atoms with E-state index in [0.717, 1.165) is 24.2 Å². The standard InChI is InChI=1S/C14H16N2O3S/c1-11-2-5-13(6-3-11)20(17,18)19-10-12-4-7-14-15-8-9-16(12)14/h2-3,5-6,8-9,12H,4,7,10H2,1H3/t12-/m1/s1. The molecule has 0 saturated carbocycles. The molecule has 1 aromatic carbocycles. The van der Waals surface area contributed by atoms with Crippen molar-refractivity contribution in [3.8, 4) is 0 Å². The van der Waals surface area contributed by atoms with Crippen molar-refractivity contribution in [1.29, 1.82) is 0 Å². The van der Waals surface area contributed by atoms with Gasteiger partial charge in [0, 0.05) is 18.8 Å². The van der Waals surface area contributed by atoms with E-state index in [0.29, 0.717) is 0 Å². The van der Waals surface area contributed by atoms with Crippen LogP contribution in [-0.4, -0.2) is 24.6 Å². The van der Waals surface area contributed by atoms with Gasteiger partial charge < -0.3 is 4.57 Å². The molecule has 1 aromatic heterocycles. The Morgan fingerprint density at radius 3 is 2.85 bits per heavy atom. The number of hydrogen-bond acceptors (Lipinski definition) is 4. The Morgan fingerprint density at radius 1 is 1.35 bits per heavy atom.